The summed E-state index contributed by atoms with van der Waals surface area (Å²) < 4.78 is 9.97. The number of primary amides is 3. The average Bonchev–Trinajstić information content (AvgIpc) is 2.79. The number of aromatic hydroxyl groups is 1. The summed E-state index contributed by atoms with van der Waals surface area (Å²) in [6, 6.07) is 15.3. The van der Waals surface area contributed by atoms with Crippen molar-refractivity contribution in [3.8, 4) is 17.2 Å². The molecule has 36 heavy (non-hydrogen) atoms. The van der Waals surface area contributed by atoms with Crippen LogP contribution in [0.1, 0.15) is 47.8 Å². The Labute approximate surface area is 216 Å². The summed E-state index contributed by atoms with van der Waals surface area (Å²) in [5.74, 6) is -0.538. The van der Waals surface area contributed by atoms with E-state index in [0.29, 0.717) is 22.6 Å². The fraction of sp³-hybridized carbons (Fsp3) is 0.192. The Morgan fingerprint density at radius 3 is 1.19 bits per heavy atom. The summed E-state index contributed by atoms with van der Waals surface area (Å²) in [4.78, 5) is 32.3. The van der Waals surface area contributed by atoms with E-state index in [-0.39, 0.29) is 23.7 Å². The summed E-state index contributed by atoms with van der Waals surface area (Å²) >= 11 is 0. The highest BCUT2D eigenvalue weighted by atomic mass is 35.5. The van der Waals surface area contributed by atoms with Crippen molar-refractivity contribution in [2.24, 2.45) is 17.2 Å². The molecule has 0 heterocycles. The maximum atomic E-state index is 10.8. The Balaban J connectivity index is 0.000000504. The molecular weight excluding hydrogens is 486 g/mol. The van der Waals surface area contributed by atoms with Gasteiger partial charge in [0.15, 0.2) is 0 Å². The van der Waals surface area contributed by atoms with Crippen molar-refractivity contribution in [2.75, 3.05) is 14.2 Å². The van der Waals surface area contributed by atoms with Crippen LogP contribution in [0.4, 0.5) is 0 Å². The highest BCUT2D eigenvalue weighted by Crippen LogP contribution is 2.20. The number of phenols is 1. The van der Waals surface area contributed by atoms with E-state index in [1.54, 1.807) is 30.3 Å². The molecule has 0 radical (unpaired) electrons. The van der Waals surface area contributed by atoms with E-state index < -0.39 is 17.7 Å². The van der Waals surface area contributed by atoms with E-state index in [1.807, 2.05) is 32.9 Å². The second kappa shape index (κ2) is 14.9. The number of methoxy groups -OCH3 is 2. The normalized spacial score (nSPS) is 9.25. The van der Waals surface area contributed by atoms with Crippen LogP contribution in [0.5, 0.6) is 17.2 Å². The highest BCUT2D eigenvalue weighted by Gasteiger charge is 2.08. The number of carbonyl (C=O) groups excluding carboxylic acids is 3. The summed E-state index contributed by atoms with van der Waals surface area (Å²) in [5.41, 5.74) is 19.2. The van der Waals surface area contributed by atoms with Crippen LogP contribution in [0.25, 0.3) is 0 Å². The average molecular weight is 518 g/mol. The van der Waals surface area contributed by atoms with Crippen molar-refractivity contribution in [3.05, 3.63) is 88.0 Å². The van der Waals surface area contributed by atoms with Crippen molar-refractivity contribution >= 4 is 30.1 Å². The van der Waals surface area contributed by atoms with E-state index in [1.165, 1.54) is 26.4 Å². The zero-order valence-corrected chi connectivity index (χ0v) is 21.6. The van der Waals surface area contributed by atoms with Gasteiger partial charge in [-0.3, -0.25) is 14.4 Å². The van der Waals surface area contributed by atoms with Gasteiger partial charge < -0.3 is 31.8 Å². The number of aryl methyl sites for hydroxylation is 3. The standard InChI is InChI=1S/2C9H11NO2.C8H9NO2.ClH/c2*1-6-3-4-7(9(10)11)8(5-6)12-2;1-5-2-3-6(8(9)11)7(10)4-5;/h2*3-5H,1-2H3,(H2,10,11);2-4,10H,1H3,(H2,9,11);1H. The molecular formula is C26H32ClN3O6. The molecule has 0 atom stereocenters. The van der Waals surface area contributed by atoms with Crippen LogP contribution in [0.15, 0.2) is 54.6 Å². The van der Waals surface area contributed by atoms with Crippen LogP contribution in [0.2, 0.25) is 0 Å². The Kier molecular flexibility index (Phi) is 13.1. The Morgan fingerprint density at radius 2 is 0.917 bits per heavy atom. The maximum Gasteiger partial charge on any atom is 0.252 e. The van der Waals surface area contributed by atoms with Gasteiger partial charge in [0.25, 0.3) is 17.7 Å². The zero-order valence-electron chi connectivity index (χ0n) is 20.8. The number of ether oxygens (including phenoxy) is 2. The molecule has 0 aliphatic rings. The van der Waals surface area contributed by atoms with E-state index in [2.05, 4.69) is 0 Å². The first kappa shape index (κ1) is 31.8. The highest BCUT2D eigenvalue weighted by molar-refractivity contribution is 5.96. The molecule has 194 valence electrons. The number of amides is 3. The molecule has 3 aromatic carbocycles. The monoisotopic (exact) mass is 517 g/mol. The molecule has 7 N–H and O–H groups in total. The molecule has 9 nitrogen and oxygen atoms in total. The molecule has 0 bridgehead atoms. The first-order chi connectivity index (χ1) is 16.4. The van der Waals surface area contributed by atoms with Crippen LogP contribution in [0.3, 0.4) is 0 Å². The quantitative estimate of drug-likeness (QED) is 0.404. The molecule has 3 rings (SSSR count). The number of nitrogens with two attached hydrogens (primary N) is 3. The lowest BCUT2D eigenvalue weighted by atomic mass is 10.1. The van der Waals surface area contributed by atoms with E-state index >= 15 is 0 Å². The molecule has 0 unspecified atom stereocenters. The molecule has 0 aromatic heterocycles. The third-order valence-corrected chi connectivity index (χ3v) is 4.66. The van der Waals surface area contributed by atoms with Gasteiger partial charge in [-0.1, -0.05) is 18.2 Å². The van der Waals surface area contributed by atoms with Crippen LogP contribution < -0.4 is 26.7 Å². The molecule has 3 aromatic rings. The van der Waals surface area contributed by atoms with Crippen molar-refractivity contribution in [1.29, 1.82) is 0 Å². The van der Waals surface area contributed by atoms with Gasteiger partial charge in [-0.2, -0.15) is 0 Å². The minimum atomic E-state index is -0.609. The summed E-state index contributed by atoms with van der Waals surface area (Å²) in [7, 11) is 3.03. The Hall–Kier alpha value is -4.24. The smallest absolute Gasteiger partial charge is 0.252 e. The zero-order chi connectivity index (χ0) is 26.7. The van der Waals surface area contributed by atoms with Gasteiger partial charge in [-0.05, 0) is 73.9 Å². The summed E-state index contributed by atoms with van der Waals surface area (Å²) in [5, 5.41) is 9.16. The number of rotatable bonds is 5. The molecule has 0 spiro atoms. The van der Waals surface area contributed by atoms with Gasteiger partial charge in [0.2, 0.25) is 0 Å². The third-order valence-electron chi connectivity index (χ3n) is 4.66. The lowest BCUT2D eigenvalue weighted by Gasteiger charge is -2.05. The van der Waals surface area contributed by atoms with E-state index in [0.717, 1.165) is 16.7 Å². The lowest BCUT2D eigenvalue weighted by molar-refractivity contribution is 0.0988. The predicted octanol–water partition coefficient (Wildman–Crippen LogP) is 3.43. The van der Waals surface area contributed by atoms with Gasteiger partial charge in [-0.25, -0.2) is 0 Å². The van der Waals surface area contributed by atoms with Crippen LogP contribution >= 0.6 is 12.4 Å². The van der Waals surface area contributed by atoms with E-state index in [9.17, 15) is 14.4 Å². The number of halogens is 1. The van der Waals surface area contributed by atoms with Crippen molar-refractivity contribution in [1.82, 2.24) is 0 Å². The first-order valence-electron chi connectivity index (χ1n) is 10.4. The minimum absolute atomic E-state index is 0. The molecule has 0 fully saturated rings. The first-order valence-corrected chi connectivity index (χ1v) is 10.4. The molecule has 0 aliphatic heterocycles. The van der Waals surface area contributed by atoms with E-state index in [4.69, 9.17) is 31.8 Å². The second-order valence-corrected chi connectivity index (χ2v) is 7.52. The van der Waals surface area contributed by atoms with Gasteiger partial charge in [-0.15, -0.1) is 12.4 Å². The van der Waals surface area contributed by atoms with Gasteiger partial charge in [0.05, 0.1) is 30.9 Å². The minimum Gasteiger partial charge on any atom is -0.507 e. The number of benzene rings is 3. The molecule has 0 saturated heterocycles. The number of hydrogen-bond acceptors (Lipinski definition) is 6. The summed E-state index contributed by atoms with van der Waals surface area (Å²) in [6.45, 7) is 5.67. The Morgan fingerprint density at radius 1 is 0.611 bits per heavy atom. The van der Waals surface area contributed by atoms with Crippen molar-refractivity contribution in [3.63, 3.8) is 0 Å². The van der Waals surface area contributed by atoms with Crippen molar-refractivity contribution < 1.29 is 29.0 Å². The number of carbonyl (C=O) groups is 3. The predicted molar refractivity (Wildman–Crippen MR) is 141 cm³/mol. The van der Waals surface area contributed by atoms with Crippen LogP contribution in [-0.4, -0.2) is 37.0 Å². The lowest BCUT2D eigenvalue weighted by Crippen LogP contribution is -2.12. The number of hydrogen-bond donors (Lipinski definition) is 4. The maximum absolute atomic E-state index is 10.8. The molecule has 0 aliphatic carbocycles. The van der Waals surface area contributed by atoms with Crippen LogP contribution in [0, 0.1) is 20.8 Å². The van der Waals surface area contributed by atoms with Crippen LogP contribution in [-0.2, 0) is 0 Å². The topological polar surface area (TPSA) is 168 Å². The van der Waals surface area contributed by atoms with Gasteiger partial charge in [0, 0.05) is 0 Å². The molecule has 3 amide bonds. The Bertz CT molecular complexity index is 1150. The van der Waals surface area contributed by atoms with Gasteiger partial charge >= 0.3 is 0 Å². The SMILES string of the molecule is COc1cc(C)ccc1C(N)=O.COc1cc(C)ccc1C(N)=O.Cc1ccc(C(N)=O)c(O)c1.Cl. The molecule has 10 heteroatoms. The fourth-order valence-electron chi connectivity index (χ4n) is 2.85. The fourth-order valence-corrected chi connectivity index (χ4v) is 2.85. The molecule has 0 saturated carbocycles. The second-order valence-electron chi connectivity index (χ2n) is 7.52. The van der Waals surface area contributed by atoms with Crippen molar-refractivity contribution in [2.45, 2.75) is 20.8 Å². The summed E-state index contributed by atoms with van der Waals surface area (Å²) in [6.07, 6.45) is 0. The largest absolute Gasteiger partial charge is 0.507 e. The third kappa shape index (κ3) is 9.55. The van der Waals surface area contributed by atoms with Gasteiger partial charge in [0.1, 0.15) is 17.2 Å².